The number of phenols is 1. The van der Waals surface area contributed by atoms with E-state index in [0.29, 0.717) is 11.7 Å². The van der Waals surface area contributed by atoms with Crippen molar-refractivity contribution in [3.8, 4) is 5.75 Å². The van der Waals surface area contributed by atoms with Gasteiger partial charge in [0.2, 0.25) is 0 Å². The van der Waals surface area contributed by atoms with Crippen molar-refractivity contribution in [2.24, 2.45) is 0 Å². The Balaban J connectivity index is 0.000000422. The minimum absolute atomic E-state index is 0.0258. The molecule has 0 saturated heterocycles. The normalized spacial score (nSPS) is 16.0. The summed E-state index contributed by atoms with van der Waals surface area (Å²) in [5.74, 6) is 0.815. The molecular formula is C16H26O7. The van der Waals surface area contributed by atoms with Gasteiger partial charge in [-0.05, 0) is 30.0 Å². The van der Waals surface area contributed by atoms with E-state index in [-0.39, 0.29) is 6.29 Å². The zero-order valence-electron chi connectivity index (χ0n) is 13.5. The number of aliphatic hydroxyl groups excluding tert-OH is 5. The highest BCUT2D eigenvalue weighted by atomic mass is 16.4. The molecule has 23 heavy (non-hydrogen) atoms. The molecule has 1 aromatic carbocycles. The zero-order chi connectivity index (χ0) is 18.2. The second-order valence-electron chi connectivity index (χ2n) is 5.57. The molecule has 0 aliphatic carbocycles. The van der Waals surface area contributed by atoms with E-state index in [9.17, 15) is 9.90 Å². The molecule has 0 bridgehead atoms. The lowest BCUT2D eigenvalue weighted by Gasteiger charge is -2.22. The Bertz CT molecular complexity index is 475. The van der Waals surface area contributed by atoms with Crippen LogP contribution in [0.5, 0.6) is 5.75 Å². The van der Waals surface area contributed by atoms with Crippen LogP contribution in [0.2, 0.25) is 0 Å². The van der Waals surface area contributed by atoms with Crippen LogP contribution in [-0.2, 0) is 4.79 Å². The van der Waals surface area contributed by atoms with Crippen LogP contribution in [0, 0.1) is 6.92 Å². The van der Waals surface area contributed by atoms with Gasteiger partial charge in [0.15, 0.2) is 6.29 Å². The third-order valence-electron chi connectivity index (χ3n) is 3.23. The van der Waals surface area contributed by atoms with Gasteiger partial charge in [0.05, 0.1) is 6.61 Å². The van der Waals surface area contributed by atoms with E-state index >= 15 is 0 Å². The molecule has 0 amide bonds. The molecule has 0 spiro atoms. The molecule has 0 heterocycles. The first-order valence-corrected chi connectivity index (χ1v) is 7.23. The van der Waals surface area contributed by atoms with Crippen LogP contribution < -0.4 is 0 Å². The molecule has 0 fully saturated rings. The molecule has 0 aromatic heterocycles. The predicted octanol–water partition coefficient (Wildman–Crippen LogP) is -0.555. The molecule has 6 N–H and O–H groups in total. The van der Waals surface area contributed by atoms with Gasteiger partial charge < -0.3 is 35.4 Å². The van der Waals surface area contributed by atoms with Crippen molar-refractivity contribution in [1.29, 1.82) is 0 Å². The minimum Gasteiger partial charge on any atom is -0.508 e. The molecule has 0 radical (unpaired) electrons. The minimum atomic E-state index is -1.79. The Kier molecular flexibility index (Phi) is 9.62. The highest BCUT2D eigenvalue weighted by molar-refractivity contribution is 5.56. The number of phenolic OH excluding ortho intramolecular Hbond substituents is 1. The average molecular weight is 330 g/mol. The van der Waals surface area contributed by atoms with Crippen molar-refractivity contribution in [2.75, 3.05) is 6.61 Å². The number of aryl methyl sites for hydroxylation is 1. The molecule has 7 heteroatoms. The molecule has 7 nitrogen and oxygen atoms in total. The molecule has 0 aliphatic heterocycles. The summed E-state index contributed by atoms with van der Waals surface area (Å²) in [7, 11) is 0. The summed E-state index contributed by atoms with van der Waals surface area (Å²) >= 11 is 0. The topological polar surface area (TPSA) is 138 Å². The fraction of sp³-hybridized carbons (Fsp3) is 0.562. The fourth-order valence-electron chi connectivity index (χ4n) is 1.76. The number of carbonyl (C=O) groups is 1. The standard InChI is InChI=1S/C10H14O.C6H12O6/c1-7(2)9-5-4-8(3)6-10(9)11;7-1-3(9)5(11)6(12)4(10)2-8/h4-7,11H,1-3H3;1,3-6,8-12H,2H2/t;3-,4+,5+,6+/m.0/s1. The van der Waals surface area contributed by atoms with Gasteiger partial charge in [0.1, 0.15) is 30.2 Å². The smallest absolute Gasteiger partial charge is 0.151 e. The number of hydrogen-bond acceptors (Lipinski definition) is 7. The lowest BCUT2D eigenvalue weighted by atomic mass is 10.0. The van der Waals surface area contributed by atoms with E-state index in [4.69, 9.17) is 25.5 Å². The maximum Gasteiger partial charge on any atom is 0.151 e. The van der Waals surface area contributed by atoms with Gasteiger partial charge in [-0.25, -0.2) is 0 Å². The molecule has 1 rings (SSSR count). The summed E-state index contributed by atoms with van der Waals surface area (Å²) in [5, 5.41) is 53.0. The Morgan fingerprint density at radius 1 is 1.09 bits per heavy atom. The number of rotatable bonds is 6. The lowest BCUT2D eigenvalue weighted by Crippen LogP contribution is -2.46. The van der Waals surface area contributed by atoms with Crippen LogP contribution in [0.4, 0.5) is 0 Å². The first-order valence-electron chi connectivity index (χ1n) is 7.23. The molecule has 4 atom stereocenters. The van der Waals surface area contributed by atoms with Crippen molar-refractivity contribution in [3.05, 3.63) is 29.3 Å². The number of carbonyl (C=O) groups excluding carboxylic acids is 1. The van der Waals surface area contributed by atoms with E-state index < -0.39 is 31.0 Å². The summed E-state index contributed by atoms with van der Waals surface area (Å²) in [4.78, 5) is 9.90. The van der Waals surface area contributed by atoms with E-state index in [1.807, 2.05) is 19.1 Å². The number of benzene rings is 1. The van der Waals surface area contributed by atoms with E-state index in [2.05, 4.69) is 13.8 Å². The molecule has 0 saturated carbocycles. The van der Waals surface area contributed by atoms with Crippen molar-refractivity contribution in [2.45, 2.75) is 51.1 Å². The van der Waals surface area contributed by atoms with Crippen LogP contribution in [0.25, 0.3) is 0 Å². The van der Waals surface area contributed by atoms with E-state index in [1.165, 1.54) is 0 Å². The lowest BCUT2D eigenvalue weighted by molar-refractivity contribution is -0.136. The van der Waals surface area contributed by atoms with Gasteiger partial charge in [-0.1, -0.05) is 26.0 Å². The third kappa shape index (κ3) is 7.06. The summed E-state index contributed by atoms with van der Waals surface area (Å²) in [6, 6.07) is 5.81. The maximum absolute atomic E-state index is 9.90. The number of aliphatic hydroxyl groups is 5. The van der Waals surface area contributed by atoms with Crippen LogP contribution in [0.3, 0.4) is 0 Å². The quantitative estimate of drug-likeness (QED) is 0.385. The molecule has 0 unspecified atom stereocenters. The van der Waals surface area contributed by atoms with Gasteiger partial charge in [0.25, 0.3) is 0 Å². The van der Waals surface area contributed by atoms with Crippen molar-refractivity contribution >= 4 is 6.29 Å². The Labute approximate surface area is 135 Å². The largest absolute Gasteiger partial charge is 0.508 e. The Hall–Kier alpha value is -1.51. The Morgan fingerprint density at radius 2 is 1.65 bits per heavy atom. The number of hydrogen-bond donors (Lipinski definition) is 6. The molecular weight excluding hydrogens is 304 g/mol. The number of aldehydes is 1. The third-order valence-corrected chi connectivity index (χ3v) is 3.23. The van der Waals surface area contributed by atoms with Gasteiger partial charge in [-0.2, -0.15) is 0 Å². The van der Waals surface area contributed by atoms with Crippen LogP contribution in [0.1, 0.15) is 30.9 Å². The van der Waals surface area contributed by atoms with E-state index in [0.717, 1.165) is 11.1 Å². The molecule has 132 valence electrons. The maximum atomic E-state index is 9.90. The molecule has 1 aromatic rings. The van der Waals surface area contributed by atoms with Crippen LogP contribution in [0.15, 0.2) is 18.2 Å². The summed E-state index contributed by atoms with van der Waals surface area (Å²) < 4.78 is 0. The van der Waals surface area contributed by atoms with E-state index in [1.54, 1.807) is 6.07 Å². The van der Waals surface area contributed by atoms with Crippen molar-refractivity contribution in [1.82, 2.24) is 0 Å². The highest BCUT2D eigenvalue weighted by Gasteiger charge is 2.29. The fourth-order valence-corrected chi connectivity index (χ4v) is 1.76. The highest BCUT2D eigenvalue weighted by Crippen LogP contribution is 2.25. The predicted molar refractivity (Wildman–Crippen MR) is 84.1 cm³/mol. The zero-order valence-corrected chi connectivity index (χ0v) is 13.5. The van der Waals surface area contributed by atoms with Gasteiger partial charge in [-0.15, -0.1) is 0 Å². The first-order chi connectivity index (χ1) is 10.6. The SMILES string of the molecule is Cc1ccc(C(C)C)c(O)c1.O=C[C@H](O)[C@@H](O)[C@H](O)[C@H](O)CO. The van der Waals surface area contributed by atoms with Gasteiger partial charge >= 0.3 is 0 Å². The van der Waals surface area contributed by atoms with Crippen LogP contribution in [-0.4, -0.2) is 67.9 Å². The average Bonchev–Trinajstić information content (AvgIpc) is 2.51. The summed E-state index contributed by atoms with van der Waals surface area (Å²) in [6.07, 6.45) is -6.84. The Morgan fingerprint density at radius 3 is 2.04 bits per heavy atom. The van der Waals surface area contributed by atoms with Gasteiger partial charge in [-0.3, -0.25) is 0 Å². The van der Waals surface area contributed by atoms with Gasteiger partial charge in [0, 0.05) is 0 Å². The first kappa shape index (κ1) is 21.5. The second-order valence-corrected chi connectivity index (χ2v) is 5.57. The molecule has 0 aliphatic rings. The second kappa shape index (κ2) is 10.3. The van der Waals surface area contributed by atoms with Crippen LogP contribution >= 0.6 is 0 Å². The number of aromatic hydroxyl groups is 1. The summed E-state index contributed by atoms with van der Waals surface area (Å²) in [6.45, 7) is 5.36. The van der Waals surface area contributed by atoms with Crippen molar-refractivity contribution in [3.63, 3.8) is 0 Å². The summed E-state index contributed by atoms with van der Waals surface area (Å²) in [5.41, 5.74) is 2.13. The van der Waals surface area contributed by atoms with Crippen molar-refractivity contribution < 1.29 is 35.4 Å². The monoisotopic (exact) mass is 330 g/mol.